The second-order valence-corrected chi connectivity index (χ2v) is 6.04. The van der Waals surface area contributed by atoms with Gasteiger partial charge in [-0.2, -0.15) is 13.2 Å². The Balaban J connectivity index is 1.61. The molecular weight excluding hydrogens is 349 g/mol. The molecule has 0 unspecified atom stereocenters. The Morgan fingerprint density at radius 2 is 1.81 bits per heavy atom. The van der Waals surface area contributed by atoms with Crippen LogP contribution in [-0.4, -0.2) is 19.2 Å². The van der Waals surface area contributed by atoms with Crippen LogP contribution in [-0.2, 0) is 19.0 Å². The van der Waals surface area contributed by atoms with Crippen molar-refractivity contribution in [1.29, 1.82) is 0 Å². The number of fused-ring (bicyclic) bond motifs is 2. The van der Waals surface area contributed by atoms with Crippen LogP contribution in [0.4, 0.5) is 29.3 Å². The zero-order valence-corrected chi connectivity index (χ0v) is 13.6. The summed E-state index contributed by atoms with van der Waals surface area (Å²) in [5.74, 6) is 1.24. The molecule has 0 atom stereocenters. The summed E-state index contributed by atoms with van der Waals surface area (Å²) in [5.41, 5.74) is 0.966. The van der Waals surface area contributed by atoms with Gasteiger partial charge in [0.1, 0.15) is 11.5 Å². The average Bonchev–Trinajstić information content (AvgIpc) is 3.23. The number of halogens is 3. The summed E-state index contributed by atoms with van der Waals surface area (Å²) >= 11 is 0. The van der Waals surface area contributed by atoms with Crippen molar-refractivity contribution >= 4 is 17.4 Å². The highest BCUT2D eigenvalue weighted by Gasteiger charge is 2.34. The Kier molecular flexibility index (Phi) is 3.90. The van der Waals surface area contributed by atoms with Gasteiger partial charge in [-0.1, -0.05) is 12.1 Å². The molecule has 2 amide bonds. The van der Waals surface area contributed by atoms with Gasteiger partial charge in [-0.15, -0.1) is 0 Å². The number of carbonyl (C=O) groups excluding carboxylic acids is 1. The third-order valence-electron chi connectivity index (χ3n) is 4.37. The minimum atomic E-state index is -4.56. The number of ether oxygens (including phenoxy) is 2. The molecule has 2 aliphatic rings. The average molecular weight is 364 g/mol. The van der Waals surface area contributed by atoms with E-state index in [1.54, 1.807) is 0 Å². The predicted octanol–water partition coefficient (Wildman–Crippen LogP) is 4.22. The van der Waals surface area contributed by atoms with Gasteiger partial charge in [0.2, 0.25) is 0 Å². The number of alkyl halides is 3. The molecule has 2 N–H and O–H groups in total. The van der Waals surface area contributed by atoms with E-state index in [9.17, 15) is 18.0 Å². The Morgan fingerprint density at radius 1 is 1.04 bits per heavy atom. The van der Waals surface area contributed by atoms with Crippen LogP contribution < -0.4 is 20.1 Å². The fourth-order valence-corrected chi connectivity index (χ4v) is 3.22. The lowest BCUT2D eigenvalue weighted by atomic mass is 10.0. The molecule has 26 heavy (non-hydrogen) atoms. The minimum Gasteiger partial charge on any atom is -0.493 e. The van der Waals surface area contributed by atoms with Crippen molar-refractivity contribution in [1.82, 2.24) is 0 Å². The van der Waals surface area contributed by atoms with Crippen molar-refractivity contribution in [3.63, 3.8) is 0 Å². The van der Waals surface area contributed by atoms with E-state index in [0.29, 0.717) is 43.2 Å². The lowest BCUT2D eigenvalue weighted by Gasteiger charge is -2.16. The molecule has 0 bridgehead atoms. The van der Waals surface area contributed by atoms with Crippen molar-refractivity contribution in [3.8, 4) is 11.5 Å². The number of rotatable bonds is 2. The Labute approximate surface area is 147 Å². The topological polar surface area (TPSA) is 59.6 Å². The molecule has 136 valence electrons. The molecule has 2 aromatic carbocycles. The molecule has 5 nitrogen and oxygen atoms in total. The lowest BCUT2D eigenvalue weighted by Crippen LogP contribution is -2.22. The van der Waals surface area contributed by atoms with Crippen LogP contribution in [0, 0.1) is 0 Å². The Morgan fingerprint density at radius 3 is 2.62 bits per heavy atom. The number of amides is 2. The third kappa shape index (κ3) is 2.91. The Hall–Kier alpha value is -2.90. The van der Waals surface area contributed by atoms with E-state index in [1.165, 1.54) is 18.2 Å². The summed E-state index contributed by atoms with van der Waals surface area (Å²) in [7, 11) is 0. The normalized spacial score (nSPS) is 14.9. The van der Waals surface area contributed by atoms with Crippen molar-refractivity contribution in [2.45, 2.75) is 19.0 Å². The van der Waals surface area contributed by atoms with Crippen molar-refractivity contribution in [2.24, 2.45) is 0 Å². The molecule has 2 aromatic rings. The van der Waals surface area contributed by atoms with E-state index >= 15 is 0 Å². The molecule has 0 spiro atoms. The third-order valence-corrected chi connectivity index (χ3v) is 4.37. The number of hydrogen-bond donors (Lipinski definition) is 2. The van der Waals surface area contributed by atoms with Gasteiger partial charge in [-0.05, 0) is 18.2 Å². The summed E-state index contributed by atoms with van der Waals surface area (Å²) in [6, 6.07) is 5.96. The molecule has 2 aliphatic heterocycles. The summed E-state index contributed by atoms with van der Waals surface area (Å²) < 4.78 is 50.4. The second kappa shape index (κ2) is 6.12. The molecule has 0 radical (unpaired) electrons. The maximum Gasteiger partial charge on any atom is 0.418 e. The quantitative estimate of drug-likeness (QED) is 0.839. The van der Waals surface area contributed by atoms with Gasteiger partial charge in [0.05, 0.1) is 30.2 Å². The van der Waals surface area contributed by atoms with E-state index in [2.05, 4.69) is 10.6 Å². The highest BCUT2D eigenvalue weighted by atomic mass is 19.4. The van der Waals surface area contributed by atoms with Crippen LogP contribution in [0.15, 0.2) is 30.3 Å². The maximum atomic E-state index is 13.1. The van der Waals surface area contributed by atoms with Gasteiger partial charge < -0.3 is 20.1 Å². The molecular formula is C18H15F3N2O3. The van der Waals surface area contributed by atoms with Crippen LogP contribution in [0.1, 0.15) is 16.7 Å². The van der Waals surface area contributed by atoms with Crippen LogP contribution in [0.3, 0.4) is 0 Å². The first-order valence-electron chi connectivity index (χ1n) is 8.12. The zero-order chi connectivity index (χ0) is 18.3. The lowest BCUT2D eigenvalue weighted by molar-refractivity contribution is -0.136. The van der Waals surface area contributed by atoms with Gasteiger partial charge in [0.25, 0.3) is 0 Å². The number of para-hydroxylation sites is 1. The van der Waals surface area contributed by atoms with E-state index in [1.807, 2.05) is 6.07 Å². The van der Waals surface area contributed by atoms with Gasteiger partial charge in [-0.3, -0.25) is 0 Å². The molecule has 0 fully saturated rings. The van der Waals surface area contributed by atoms with E-state index < -0.39 is 17.8 Å². The van der Waals surface area contributed by atoms with Crippen molar-refractivity contribution in [2.75, 3.05) is 23.8 Å². The molecule has 0 saturated carbocycles. The zero-order valence-electron chi connectivity index (χ0n) is 13.6. The number of urea groups is 1. The van der Waals surface area contributed by atoms with E-state index in [-0.39, 0.29) is 5.69 Å². The fourth-order valence-electron chi connectivity index (χ4n) is 3.22. The second-order valence-electron chi connectivity index (χ2n) is 6.04. The first-order valence-corrected chi connectivity index (χ1v) is 8.12. The fraction of sp³-hybridized carbons (Fsp3) is 0.278. The molecule has 0 aromatic heterocycles. The van der Waals surface area contributed by atoms with Crippen LogP contribution in [0.2, 0.25) is 0 Å². The molecule has 0 saturated heterocycles. The molecule has 0 aliphatic carbocycles. The highest BCUT2D eigenvalue weighted by Crippen LogP contribution is 2.44. The predicted molar refractivity (Wildman–Crippen MR) is 88.9 cm³/mol. The van der Waals surface area contributed by atoms with E-state index in [4.69, 9.17) is 9.47 Å². The van der Waals surface area contributed by atoms with Crippen LogP contribution in [0.5, 0.6) is 11.5 Å². The summed E-state index contributed by atoms with van der Waals surface area (Å²) in [4.78, 5) is 12.4. The van der Waals surface area contributed by atoms with E-state index in [0.717, 1.165) is 17.2 Å². The Bertz CT molecular complexity index is 848. The largest absolute Gasteiger partial charge is 0.493 e. The van der Waals surface area contributed by atoms with Gasteiger partial charge in [0.15, 0.2) is 0 Å². The SMILES string of the molecule is O=C(Nc1ccccc1C(F)(F)F)Nc1c2c(cc3c1OCC3)OCC2. The first kappa shape index (κ1) is 16.6. The van der Waals surface area contributed by atoms with Crippen LogP contribution in [0.25, 0.3) is 0 Å². The maximum absolute atomic E-state index is 13.1. The van der Waals surface area contributed by atoms with Gasteiger partial charge >= 0.3 is 12.2 Å². The molecule has 4 rings (SSSR count). The minimum absolute atomic E-state index is 0.307. The van der Waals surface area contributed by atoms with Gasteiger partial charge in [-0.25, -0.2) is 4.79 Å². The summed E-state index contributed by atoms with van der Waals surface area (Å²) in [6.07, 6.45) is -3.27. The first-order chi connectivity index (χ1) is 12.4. The summed E-state index contributed by atoms with van der Waals surface area (Å²) in [5, 5.41) is 4.93. The monoisotopic (exact) mass is 364 g/mol. The van der Waals surface area contributed by atoms with Crippen molar-refractivity contribution in [3.05, 3.63) is 47.0 Å². The molecule has 2 heterocycles. The molecule has 8 heteroatoms. The highest BCUT2D eigenvalue weighted by molar-refractivity contribution is 6.02. The number of hydrogen-bond acceptors (Lipinski definition) is 3. The standard InChI is InChI=1S/C18H15F3N2O3/c19-18(20,21)12-3-1-2-4-13(12)22-17(24)23-15-11-6-8-25-14(11)9-10-5-7-26-16(10)15/h1-4,9H,5-8H2,(H2,22,23,24). The van der Waals surface area contributed by atoms with Crippen LogP contribution >= 0.6 is 0 Å². The smallest absolute Gasteiger partial charge is 0.418 e. The number of nitrogens with one attached hydrogen (secondary N) is 2. The number of anilines is 2. The van der Waals surface area contributed by atoms with Crippen molar-refractivity contribution < 1.29 is 27.4 Å². The number of benzene rings is 2. The number of carbonyl (C=O) groups is 1. The summed E-state index contributed by atoms with van der Waals surface area (Å²) in [6.45, 7) is 0.983. The van der Waals surface area contributed by atoms with Gasteiger partial charge in [0, 0.05) is 24.0 Å².